The molecular weight excluding hydrogens is 291 g/mol. The van der Waals surface area contributed by atoms with Gasteiger partial charge in [0.05, 0.1) is 13.0 Å². The van der Waals surface area contributed by atoms with Crippen LogP contribution in [0.2, 0.25) is 0 Å². The number of nitrogens with zero attached hydrogens (tertiary/aromatic N) is 2. The lowest BCUT2D eigenvalue weighted by atomic mass is 10.2. The van der Waals surface area contributed by atoms with Crippen LogP contribution in [-0.4, -0.2) is 27.8 Å². The number of carbonyl (C=O) groups excluding carboxylic acids is 1. The second-order valence-corrected chi connectivity index (χ2v) is 4.02. The van der Waals surface area contributed by atoms with E-state index in [1.807, 2.05) is 0 Å². The second-order valence-electron chi connectivity index (χ2n) is 4.02. The lowest BCUT2D eigenvalue weighted by molar-refractivity contribution is -0.159. The van der Waals surface area contributed by atoms with Gasteiger partial charge in [-0.15, -0.1) is 0 Å². The summed E-state index contributed by atoms with van der Waals surface area (Å²) in [5.41, 5.74) is 0.756. The van der Waals surface area contributed by atoms with Crippen LogP contribution in [0.25, 0.3) is 11.4 Å². The Morgan fingerprint density at radius 1 is 1.29 bits per heavy atom. The number of aliphatic hydroxyl groups is 1. The van der Waals surface area contributed by atoms with Gasteiger partial charge in [0.15, 0.2) is 0 Å². The van der Waals surface area contributed by atoms with E-state index in [1.54, 1.807) is 0 Å². The van der Waals surface area contributed by atoms with Crippen LogP contribution in [0.3, 0.4) is 0 Å². The largest absolute Gasteiger partial charge is 0.471 e. The summed E-state index contributed by atoms with van der Waals surface area (Å²) in [6.45, 7) is -0.271. The summed E-state index contributed by atoms with van der Waals surface area (Å²) in [4.78, 5) is 14.5. The van der Waals surface area contributed by atoms with Gasteiger partial charge < -0.3 is 14.9 Å². The first-order chi connectivity index (χ1) is 9.90. The fourth-order valence-corrected chi connectivity index (χ4v) is 1.48. The molecule has 0 bridgehead atoms. The Labute approximate surface area is 116 Å². The molecule has 2 aromatic rings. The van der Waals surface area contributed by atoms with Gasteiger partial charge in [0.25, 0.3) is 0 Å². The zero-order chi connectivity index (χ0) is 15.5. The lowest BCUT2D eigenvalue weighted by Crippen LogP contribution is -2.12. The number of anilines is 1. The first-order valence-corrected chi connectivity index (χ1v) is 5.82. The molecule has 0 fully saturated rings. The van der Waals surface area contributed by atoms with E-state index in [0.29, 0.717) is 11.3 Å². The summed E-state index contributed by atoms with van der Waals surface area (Å²) in [6, 6.07) is 5.85. The minimum atomic E-state index is -4.69. The van der Waals surface area contributed by atoms with Gasteiger partial charge >= 0.3 is 12.1 Å². The van der Waals surface area contributed by atoms with Crippen LogP contribution < -0.4 is 5.32 Å². The summed E-state index contributed by atoms with van der Waals surface area (Å²) >= 11 is 0. The summed E-state index contributed by atoms with van der Waals surface area (Å²) in [7, 11) is 0. The summed E-state index contributed by atoms with van der Waals surface area (Å²) < 4.78 is 41.1. The molecule has 0 saturated carbocycles. The number of rotatable bonds is 4. The van der Waals surface area contributed by atoms with Gasteiger partial charge in [-0.25, -0.2) is 0 Å². The molecule has 1 aromatic carbocycles. The van der Waals surface area contributed by atoms with Crippen molar-refractivity contribution >= 4 is 11.6 Å². The molecule has 0 atom stereocenters. The maximum atomic E-state index is 12.3. The quantitative estimate of drug-likeness (QED) is 0.902. The van der Waals surface area contributed by atoms with Crippen molar-refractivity contribution in [1.29, 1.82) is 0 Å². The van der Waals surface area contributed by atoms with Crippen LogP contribution in [0.1, 0.15) is 12.3 Å². The van der Waals surface area contributed by atoms with E-state index in [4.69, 9.17) is 5.11 Å². The van der Waals surface area contributed by atoms with Gasteiger partial charge in [-0.1, -0.05) is 5.16 Å². The molecule has 21 heavy (non-hydrogen) atoms. The monoisotopic (exact) mass is 301 g/mol. The van der Waals surface area contributed by atoms with E-state index in [2.05, 4.69) is 20.0 Å². The molecule has 0 spiro atoms. The average molecular weight is 301 g/mol. The van der Waals surface area contributed by atoms with Gasteiger partial charge in [0.2, 0.25) is 11.7 Å². The van der Waals surface area contributed by atoms with Crippen molar-refractivity contribution in [3.05, 3.63) is 30.2 Å². The molecule has 1 aromatic heterocycles. The molecular formula is C12H10F3N3O3. The molecule has 0 unspecified atom stereocenters. The second kappa shape index (κ2) is 5.92. The van der Waals surface area contributed by atoms with Crippen LogP contribution >= 0.6 is 0 Å². The Kier molecular flexibility index (Phi) is 4.22. The molecule has 0 aliphatic heterocycles. The van der Waals surface area contributed by atoms with E-state index in [-0.39, 0.29) is 24.8 Å². The number of aromatic nitrogens is 2. The van der Waals surface area contributed by atoms with Crippen molar-refractivity contribution in [2.45, 2.75) is 12.6 Å². The van der Waals surface area contributed by atoms with Crippen molar-refractivity contribution in [3.8, 4) is 11.4 Å². The smallest absolute Gasteiger partial charge is 0.396 e. The maximum absolute atomic E-state index is 12.3. The molecule has 1 amide bonds. The van der Waals surface area contributed by atoms with Gasteiger partial charge in [0.1, 0.15) is 0 Å². The van der Waals surface area contributed by atoms with Gasteiger partial charge in [-0.3, -0.25) is 4.79 Å². The Morgan fingerprint density at radius 2 is 1.95 bits per heavy atom. The maximum Gasteiger partial charge on any atom is 0.471 e. The van der Waals surface area contributed by atoms with Gasteiger partial charge in [-0.05, 0) is 24.3 Å². The third-order valence-electron chi connectivity index (χ3n) is 2.43. The number of alkyl halides is 3. The normalized spacial score (nSPS) is 11.4. The molecule has 0 aliphatic rings. The Bertz CT molecular complexity index is 623. The van der Waals surface area contributed by atoms with E-state index >= 15 is 0 Å². The highest BCUT2D eigenvalue weighted by Gasteiger charge is 2.38. The number of amides is 1. The zero-order valence-electron chi connectivity index (χ0n) is 10.5. The molecule has 112 valence electrons. The minimum Gasteiger partial charge on any atom is -0.396 e. The Hall–Kier alpha value is -2.42. The molecule has 0 aliphatic carbocycles. The SMILES string of the molecule is O=C(CCO)Nc1ccc(-c2noc(C(F)(F)F)n2)cc1. The summed E-state index contributed by atoms with van der Waals surface area (Å²) in [6.07, 6.45) is -4.73. The standard InChI is InChI=1S/C12H10F3N3O3/c13-12(14,15)11-17-10(18-21-11)7-1-3-8(4-2-7)16-9(20)5-6-19/h1-4,19H,5-6H2,(H,16,20). The lowest BCUT2D eigenvalue weighted by Gasteiger charge is -2.04. The van der Waals surface area contributed by atoms with Crippen LogP contribution in [0.4, 0.5) is 18.9 Å². The molecule has 6 nitrogen and oxygen atoms in total. The molecule has 2 N–H and O–H groups in total. The Balaban J connectivity index is 2.12. The van der Waals surface area contributed by atoms with Crippen LogP contribution in [-0.2, 0) is 11.0 Å². The molecule has 1 heterocycles. The van der Waals surface area contributed by atoms with Crippen LogP contribution in [0, 0.1) is 0 Å². The van der Waals surface area contributed by atoms with Crippen LogP contribution in [0.5, 0.6) is 0 Å². The summed E-state index contributed by atoms with van der Waals surface area (Å²) in [5, 5.41) is 14.4. The fourth-order valence-electron chi connectivity index (χ4n) is 1.48. The first-order valence-electron chi connectivity index (χ1n) is 5.82. The van der Waals surface area contributed by atoms with Crippen molar-refractivity contribution in [2.75, 3.05) is 11.9 Å². The summed E-state index contributed by atoms with van der Waals surface area (Å²) in [5.74, 6) is -1.99. The van der Waals surface area contributed by atoms with E-state index in [9.17, 15) is 18.0 Å². The molecule has 2 rings (SSSR count). The molecule has 9 heteroatoms. The zero-order valence-corrected chi connectivity index (χ0v) is 10.5. The third kappa shape index (κ3) is 3.78. The number of halogens is 3. The fraction of sp³-hybridized carbons (Fsp3) is 0.250. The van der Waals surface area contributed by atoms with E-state index in [0.717, 1.165) is 0 Å². The van der Waals surface area contributed by atoms with Crippen LogP contribution in [0.15, 0.2) is 28.8 Å². The van der Waals surface area contributed by atoms with E-state index < -0.39 is 12.1 Å². The van der Waals surface area contributed by atoms with Crippen molar-refractivity contribution in [2.24, 2.45) is 0 Å². The topological polar surface area (TPSA) is 88.2 Å². The number of hydrogen-bond donors (Lipinski definition) is 2. The van der Waals surface area contributed by atoms with Gasteiger partial charge in [-0.2, -0.15) is 18.2 Å². The minimum absolute atomic E-state index is 0.0401. The number of benzene rings is 1. The van der Waals surface area contributed by atoms with Crippen molar-refractivity contribution in [1.82, 2.24) is 10.1 Å². The van der Waals surface area contributed by atoms with E-state index in [1.165, 1.54) is 24.3 Å². The van der Waals surface area contributed by atoms with Crippen molar-refractivity contribution in [3.63, 3.8) is 0 Å². The van der Waals surface area contributed by atoms with Crippen molar-refractivity contribution < 1.29 is 27.6 Å². The number of nitrogens with one attached hydrogen (secondary N) is 1. The third-order valence-corrected chi connectivity index (χ3v) is 2.43. The number of hydrogen-bond acceptors (Lipinski definition) is 5. The predicted molar refractivity (Wildman–Crippen MR) is 65.1 cm³/mol. The molecule has 0 saturated heterocycles. The highest BCUT2D eigenvalue weighted by atomic mass is 19.4. The highest BCUT2D eigenvalue weighted by molar-refractivity contribution is 5.90. The average Bonchev–Trinajstić information content (AvgIpc) is 2.89. The first kappa shape index (κ1) is 15.0. The highest BCUT2D eigenvalue weighted by Crippen LogP contribution is 2.29. The Morgan fingerprint density at radius 3 is 2.48 bits per heavy atom. The predicted octanol–water partition coefficient (Wildman–Crippen LogP) is 2.08. The van der Waals surface area contributed by atoms with Gasteiger partial charge in [0, 0.05) is 11.3 Å². The number of aliphatic hydroxyl groups excluding tert-OH is 1. The molecule has 0 radical (unpaired) electrons. The number of carbonyl (C=O) groups is 1.